The van der Waals surface area contributed by atoms with E-state index < -0.39 is 52.4 Å². The van der Waals surface area contributed by atoms with Crippen LogP contribution in [0.2, 0.25) is 0 Å². The number of halogens is 5. The van der Waals surface area contributed by atoms with E-state index in [0.717, 1.165) is 11.1 Å². The summed E-state index contributed by atoms with van der Waals surface area (Å²) in [5.74, 6) is 9.79. The van der Waals surface area contributed by atoms with Gasteiger partial charge in [-0.15, -0.1) is 0 Å². The van der Waals surface area contributed by atoms with Crippen molar-refractivity contribution in [1.82, 2.24) is 20.1 Å². The van der Waals surface area contributed by atoms with Gasteiger partial charge in [0.2, 0.25) is 11.8 Å². The van der Waals surface area contributed by atoms with Crippen molar-refractivity contribution in [2.45, 2.75) is 171 Å². The van der Waals surface area contributed by atoms with Crippen LogP contribution in [0.25, 0.3) is 0 Å². The van der Waals surface area contributed by atoms with Crippen LogP contribution in [0.5, 0.6) is 23.0 Å². The molecule has 402 valence electrons. The number of ether oxygens (including phenoxy) is 3. The average Bonchev–Trinajstić information content (AvgIpc) is 3.08. The fourth-order valence-corrected chi connectivity index (χ4v) is 7.97. The smallest absolute Gasteiger partial charge is 0 e. The monoisotopic (exact) mass is 1720 g/mol. The Kier molecular flexibility index (Phi) is 39.2. The SMILES string of the molecule is C.C=S(C)(=O)NC(C)(C)C(=O)NC(C)(C)C(C)(C)c1ccc(O)c(OC)c1.C=S(C)(=O)NC(C)(C)C(=O)NC(C)(C)C(C)(C)c1ccc(OC(C)(C)C)c(OC)c1.C[C-](C)C.[I][V]([I])[I].[I][V][I].[Y]. The Morgan fingerprint density at radius 1 is 0.652 bits per heavy atom. The molecule has 0 heterocycles. The minimum Gasteiger partial charge on any atom is 0 e. The Bertz CT molecular complexity index is 2090. The first-order valence-corrected chi connectivity index (χ1v) is 47.5. The van der Waals surface area contributed by atoms with Gasteiger partial charge in [-0.1, -0.05) is 47.3 Å². The van der Waals surface area contributed by atoms with Crippen molar-refractivity contribution in [3.8, 4) is 23.0 Å². The molecule has 0 aliphatic carbocycles. The van der Waals surface area contributed by atoms with Gasteiger partial charge in [-0.25, -0.2) is 9.44 Å². The van der Waals surface area contributed by atoms with Crippen LogP contribution in [0.4, 0.5) is 0 Å². The quantitative estimate of drug-likeness (QED) is 0.0668. The number of carbonyl (C=O) groups excluding carboxylic acids is 2. The third-order valence-corrected chi connectivity index (χ3v) is 12.1. The van der Waals surface area contributed by atoms with Crippen LogP contribution in [-0.4, -0.2) is 91.6 Å². The molecule has 0 saturated carbocycles. The third kappa shape index (κ3) is 32.1. The van der Waals surface area contributed by atoms with Crippen molar-refractivity contribution in [1.29, 1.82) is 0 Å². The van der Waals surface area contributed by atoms with Gasteiger partial charge in [-0.05, 0) is 123 Å². The van der Waals surface area contributed by atoms with E-state index in [1.54, 1.807) is 46.9 Å². The minimum absolute atomic E-state index is 0. The Labute approximate surface area is 513 Å². The molecule has 2 unspecified atom stereocenters. The standard InChI is InChI=1S/C23H40N2O4S.C19H32N2O4S.C4H9.CH4.5HI.2V.Y/c1-20(2,3)29-17-14-13-16(15-18(17)28-10)21(4,5)23(8,9)24-19(26)22(6,7)25-30(11,12)27;1-17(2,13-10-11-14(22)15(12-13)25-7)19(5,6)20-16(23)18(3,4)21-26(8,9)24;1-4(2)3;;;;;;;;;/h13-15H,11H2,1-10,12H3,(H,24,26)(H,25,27);10-12,22H,8H2,1-7,9H3,(H,20,23)(H,21,24);1-3H3;1H4;5*1H;;;/q;;-1;;;;;;;+2;+3;/p-5. The fourth-order valence-electron chi connectivity index (χ4n) is 5.62. The molecule has 2 amide bonds. The van der Waals surface area contributed by atoms with Gasteiger partial charge in [0, 0.05) is 86.5 Å². The van der Waals surface area contributed by atoms with Gasteiger partial charge >= 0.3 is 114 Å². The predicted octanol–water partition coefficient (Wildman–Crippen LogP) is 12.6. The molecule has 0 saturated heterocycles. The van der Waals surface area contributed by atoms with E-state index in [1.807, 2.05) is 86.6 Å². The first-order chi connectivity index (χ1) is 29.6. The molecule has 22 heteroatoms. The molecular weight excluding hydrogens is 1640 g/mol. The molecule has 0 aromatic heterocycles. The van der Waals surface area contributed by atoms with Crippen LogP contribution in [0, 0.1) is 5.92 Å². The minimum atomic E-state index is -2.54. The van der Waals surface area contributed by atoms with Gasteiger partial charge in [-0.3, -0.25) is 18.0 Å². The maximum Gasteiger partial charge on any atom is 0 e. The number of hydrogen-bond donors (Lipinski definition) is 5. The van der Waals surface area contributed by atoms with Gasteiger partial charge in [0.1, 0.15) is 16.7 Å². The van der Waals surface area contributed by atoms with Crippen molar-refractivity contribution in [3.05, 3.63) is 53.4 Å². The molecule has 1 radical (unpaired) electrons. The summed E-state index contributed by atoms with van der Waals surface area (Å²) >= 11 is 12.1. The molecule has 0 spiro atoms. The molecule has 0 bridgehead atoms. The largest absolute Gasteiger partial charge is 0 e. The average molecular weight is 1720 g/mol. The van der Waals surface area contributed by atoms with Crippen molar-refractivity contribution >= 4 is 143 Å². The molecule has 2 aromatic carbocycles. The van der Waals surface area contributed by atoms with Gasteiger partial charge in [0.05, 0.1) is 14.2 Å². The maximum atomic E-state index is 13.0. The van der Waals surface area contributed by atoms with Crippen molar-refractivity contribution in [2.24, 2.45) is 0 Å². The van der Waals surface area contributed by atoms with E-state index in [9.17, 15) is 23.1 Å². The van der Waals surface area contributed by atoms with Gasteiger partial charge in [-0.2, -0.15) is 20.8 Å². The summed E-state index contributed by atoms with van der Waals surface area (Å²) in [4.78, 5) is 25.5. The Hall–Kier alpha value is 2.46. The zero-order chi connectivity index (χ0) is 54.2. The number of phenolic OH excluding ortho intramolecular Hbond substituents is 1. The van der Waals surface area contributed by atoms with Crippen LogP contribution in [-0.2, 0) is 86.9 Å². The molecule has 0 aliphatic rings. The molecule has 2 rings (SSSR count). The molecule has 12 nitrogen and oxygen atoms in total. The van der Waals surface area contributed by atoms with Gasteiger partial charge < -0.3 is 35.9 Å². The molecule has 2 atom stereocenters. The van der Waals surface area contributed by atoms with Gasteiger partial charge in [0.15, 0.2) is 23.0 Å². The Morgan fingerprint density at radius 3 is 1.19 bits per heavy atom. The molecule has 69 heavy (non-hydrogen) atoms. The van der Waals surface area contributed by atoms with E-state index in [-0.39, 0.29) is 68.2 Å². The van der Waals surface area contributed by atoms with Crippen LogP contribution in [0.1, 0.15) is 143 Å². The Balaban J connectivity index is -0.000000319. The van der Waals surface area contributed by atoms with E-state index in [4.69, 9.17) is 14.2 Å². The van der Waals surface area contributed by atoms with E-state index in [1.165, 1.54) is 25.5 Å². The normalized spacial score (nSPS) is 13.6. The first kappa shape index (κ1) is 80.3. The summed E-state index contributed by atoms with van der Waals surface area (Å²) < 4.78 is 46.4. The molecule has 2 aromatic rings. The zero-order valence-electron chi connectivity index (χ0n) is 44.4. The Morgan fingerprint density at radius 2 is 0.928 bits per heavy atom. The third-order valence-electron chi connectivity index (χ3n) is 10.3. The number of aromatic hydroxyl groups is 1. The van der Waals surface area contributed by atoms with E-state index >= 15 is 0 Å². The van der Waals surface area contributed by atoms with Crippen LogP contribution >= 0.6 is 99.9 Å². The second kappa shape index (κ2) is 33.7. The summed E-state index contributed by atoms with van der Waals surface area (Å²) in [5.41, 5.74) is -2.76. The summed E-state index contributed by atoms with van der Waals surface area (Å²) in [6, 6.07) is 11.0. The molecule has 0 fully saturated rings. The van der Waals surface area contributed by atoms with Crippen molar-refractivity contribution in [2.75, 3.05) is 26.7 Å². The van der Waals surface area contributed by atoms with E-state index in [0.29, 0.717) is 26.7 Å². The second-order valence-corrected chi connectivity index (χ2v) is 72.2. The number of phenols is 1. The number of methoxy groups -OCH3 is 2. The summed E-state index contributed by atoms with van der Waals surface area (Å²) in [7, 11) is -1.34. The molecular formula is C47H85I5N4O8S2V2Y-. The molecule has 0 aliphatic heterocycles. The predicted molar refractivity (Wildman–Crippen MR) is 332 cm³/mol. The number of amides is 2. The number of hydrogen-bond acceptors (Lipinski definition) is 8. The molecule has 5 N–H and O–H groups in total. The summed E-state index contributed by atoms with van der Waals surface area (Å²) in [5, 5.41) is 16.0. The summed E-state index contributed by atoms with van der Waals surface area (Å²) in [6.07, 6.45) is 2.93. The topological polar surface area (TPSA) is 164 Å². The van der Waals surface area contributed by atoms with Crippen molar-refractivity contribution < 1.29 is 84.4 Å². The first-order valence-electron chi connectivity index (χ1n) is 20.7. The van der Waals surface area contributed by atoms with Crippen LogP contribution in [0.3, 0.4) is 0 Å². The number of nitrogens with one attached hydrogen (secondary N) is 4. The number of benzene rings is 2. The number of rotatable bonds is 15. The van der Waals surface area contributed by atoms with Crippen molar-refractivity contribution in [3.63, 3.8) is 0 Å². The second-order valence-electron chi connectivity index (χ2n) is 20.6. The maximum absolute atomic E-state index is 13.0. The van der Waals surface area contributed by atoms with Crippen LogP contribution < -0.4 is 34.3 Å². The van der Waals surface area contributed by atoms with Crippen LogP contribution in [0.15, 0.2) is 36.4 Å². The number of carbonyl (C=O) groups is 2. The summed E-state index contributed by atoms with van der Waals surface area (Å²) in [6.45, 7) is 34.9. The van der Waals surface area contributed by atoms with Gasteiger partial charge in [0.25, 0.3) is 0 Å². The van der Waals surface area contributed by atoms with E-state index in [2.05, 4.69) is 166 Å². The zero-order valence-corrected chi connectivity index (χ0v) is 62.4. The fraction of sp³-hybridized carbons (Fsp3) is 0.638.